The summed E-state index contributed by atoms with van der Waals surface area (Å²) in [6.45, 7) is 6.92. The molecule has 1 saturated carbocycles. The molecular formula is C15H24N2O2. The number of hydrogen-bond donors (Lipinski definition) is 1. The summed E-state index contributed by atoms with van der Waals surface area (Å²) < 4.78 is 0. The Hall–Kier alpha value is -0.900. The first-order valence-corrected chi connectivity index (χ1v) is 7.56. The van der Waals surface area contributed by atoms with Gasteiger partial charge in [-0.05, 0) is 43.6 Å². The van der Waals surface area contributed by atoms with Crippen LogP contribution in [0, 0.1) is 23.2 Å². The molecule has 2 saturated heterocycles. The normalized spacial score (nSPS) is 42.8. The molecule has 3 fully saturated rings. The third-order valence-corrected chi connectivity index (χ3v) is 5.19. The fraction of sp³-hybridized carbons (Fsp3) is 0.867. The molecule has 106 valence electrons. The average molecular weight is 264 g/mol. The molecule has 4 heteroatoms. The van der Waals surface area contributed by atoms with Gasteiger partial charge >= 0.3 is 0 Å². The fourth-order valence-electron chi connectivity index (χ4n) is 4.14. The van der Waals surface area contributed by atoms with Crippen LogP contribution in [0.3, 0.4) is 0 Å². The maximum Gasteiger partial charge on any atom is 0.233 e. The van der Waals surface area contributed by atoms with Gasteiger partial charge in [0.05, 0.1) is 11.8 Å². The average Bonchev–Trinajstić information content (AvgIpc) is 2.85. The zero-order valence-electron chi connectivity index (χ0n) is 11.9. The minimum absolute atomic E-state index is 0.0114. The first kappa shape index (κ1) is 13.1. The van der Waals surface area contributed by atoms with Crippen LogP contribution in [0.25, 0.3) is 0 Å². The van der Waals surface area contributed by atoms with Gasteiger partial charge in [0.1, 0.15) is 0 Å². The van der Waals surface area contributed by atoms with E-state index in [1.165, 1.54) is 0 Å². The van der Waals surface area contributed by atoms with E-state index in [9.17, 15) is 9.59 Å². The monoisotopic (exact) mass is 264 g/mol. The van der Waals surface area contributed by atoms with Crippen LogP contribution in [0.15, 0.2) is 0 Å². The molecule has 0 bridgehead atoms. The number of likely N-dealkylation sites (tertiary alicyclic amines) is 1. The predicted molar refractivity (Wildman–Crippen MR) is 72.3 cm³/mol. The highest BCUT2D eigenvalue weighted by Crippen LogP contribution is 2.44. The zero-order valence-corrected chi connectivity index (χ0v) is 11.9. The summed E-state index contributed by atoms with van der Waals surface area (Å²) >= 11 is 0. The standard InChI is InChI=1S/C15H24N2O2/c1-10-6-11-12(7-10)14(19)17(13(11)18)9-15(2)4-3-5-16-8-15/h10-12,16H,3-9H2,1-2H3. The number of nitrogens with zero attached hydrogens (tertiary/aromatic N) is 1. The molecule has 0 aromatic carbocycles. The molecular weight excluding hydrogens is 240 g/mol. The molecule has 3 aliphatic rings. The lowest BCUT2D eigenvalue weighted by Crippen LogP contribution is -2.48. The van der Waals surface area contributed by atoms with Crippen LogP contribution in [-0.2, 0) is 9.59 Å². The van der Waals surface area contributed by atoms with E-state index in [2.05, 4.69) is 19.2 Å². The van der Waals surface area contributed by atoms with Crippen LogP contribution in [0.4, 0.5) is 0 Å². The van der Waals surface area contributed by atoms with Crippen LogP contribution in [0.5, 0.6) is 0 Å². The van der Waals surface area contributed by atoms with Gasteiger partial charge in [-0.1, -0.05) is 13.8 Å². The molecule has 3 rings (SSSR count). The summed E-state index contributed by atoms with van der Waals surface area (Å²) in [6, 6.07) is 0. The second-order valence-corrected chi connectivity index (χ2v) is 7.14. The van der Waals surface area contributed by atoms with Crippen molar-refractivity contribution in [1.82, 2.24) is 10.2 Å². The van der Waals surface area contributed by atoms with E-state index in [0.717, 1.165) is 38.8 Å². The SMILES string of the molecule is CC1CC2C(=O)N(CC3(C)CCCNC3)C(=O)C2C1. The van der Waals surface area contributed by atoms with Crippen molar-refractivity contribution < 1.29 is 9.59 Å². The molecule has 1 N–H and O–H groups in total. The van der Waals surface area contributed by atoms with Crippen molar-refractivity contribution in [1.29, 1.82) is 0 Å². The highest BCUT2D eigenvalue weighted by Gasteiger charge is 2.52. The molecule has 0 radical (unpaired) electrons. The summed E-state index contributed by atoms with van der Waals surface area (Å²) in [5.41, 5.74) is 0.0633. The number of rotatable bonds is 2. The molecule has 19 heavy (non-hydrogen) atoms. The first-order chi connectivity index (χ1) is 9.00. The molecule has 2 aliphatic heterocycles. The third-order valence-electron chi connectivity index (χ3n) is 5.19. The van der Waals surface area contributed by atoms with Gasteiger partial charge in [0.15, 0.2) is 0 Å². The minimum Gasteiger partial charge on any atom is -0.316 e. The lowest BCUT2D eigenvalue weighted by atomic mass is 9.82. The van der Waals surface area contributed by atoms with Gasteiger partial charge in [-0.2, -0.15) is 0 Å². The summed E-state index contributed by atoms with van der Waals surface area (Å²) in [5.74, 6) is 0.708. The largest absolute Gasteiger partial charge is 0.316 e. The van der Waals surface area contributed by atoms with Gasteiger partial charge in [0, 0.05) is 13.1 Å². The van der Waals surface area contributed by atoms with Crippen molar-refractivity contribution >= 4 is 11.8 Å². The van der Waals surface area contributed by atoms with Crippen molar-refractivity contribution in [3.8, 4) is 0 Å². The van der Waals surface area contributed by atoms with Crippen molar-refractivity contribution in [2.75, 3.05) is 19.6 Å². The Kier molecular flexibility index (Phi) is 3.16. The van der Waals surface area contributed by atoms with Crippen LogP contribution >= 0.6 is 0 Å². The van der Waals surface area contributed by atoms with E-state index in [1.807, 2.05) is 0 Å². The van der Waals surface area contributed by atoms with Crippen molar-refractivity contribution in [3.05, 3.63) is 0 Å². The maximum atomic E-state index is 12.4. The Balaban J connectivity index is 1.72. The Morgan fingerprint density at radius 3 is 2.42 bits per heavy atom. The van der Waals surface area contributed by atoms with E-state index in [4.69, 9.17) is 0 Å². The Morgan fingerprint density at radius 1 is 1.26 bits per heavy atom. The molecule has 4 nitrogen and oxygen atoms in total. The van der Waals surface area contributed by atoms with E-state index in [0.29, 0.717) is 12.5 Å². The number of hydrogen-bond acceptors (Lipinski definition) is 3. The molecule has 0 spiro atoms. The number of nitrogens with one attached hydrogen (secondary N) is 1. The van der Waals surface area contributed by atoms with Crippen molar-refractivity contribution in [3.63, 3.8) is 0 Å². The second-order valence-electron chi connectivity index (χ2n) is 7.14. The van der Waals surface area contributed by atoms with Gasteiger partial charge in [-0.3, -0.25) is 14.5 Å². The molecule has 2 heterocycles. The van der Waals surface area contributed by atoms with E-state index >= 15 is 0 Å². The number of piperidine rings is 1. The molecule has 3 atom stereocenters. The van der Waals surface area contributed by atoms with Crippen LogP contribution in [0.1, 0.15) is 39.5 Å². The number of fused-ring (bicyclic) bond motifs is 1. The maximum absolute atomic E-state index is 12.4. The van der Waals surface area contributed by atoms with Crippen molar-refractivity contribution in [2.24, 2.45) is 23.2 Å². The number of amides is 2. The van der Waals surface area contributed by atoms with Gasteiger partial charge in [-0.15, -0.1) is 0 Å². The number of carbonyl (C=O) groups excluding carboxylic acids is 2. The second kappa shape index (κ2) is 4.58. The van der Waals surface area contributed by atoms with Crippen molar-refractivity contribution in [2.45, 2.75) is 39.5 Å². The Morgan fingerprint density at radius 2 is 1.89 bits per heavy atom. The van der Waals surface area contributed by atoms with E-state index in [1.54, 1.807) is 4.90 Å². The summed E-state index contributed by atoms with van der Waals surface area (Å²) in [7, 11) is 0. The molecule has 3 unspecified atom stereocenters. The number of imide groups is 1. The molecule has 0 aromatic heterocycles. The van der Waals surface area contributed by atoms with Crippen LogP contribution < -0.4 is 5.32 Å². The third kappa shape index (κ3) is 2.20. The topological polar surface area (TPSA) is 49.4 Å². The highest BCUT2D eigenvalue weighted by atomic mass is 16.2. The predicted octanol–water partition coefficient (Wildman–Crippen LogP) is 1.41. The Labute approximate surface area is 114 Å². The summed E-state index contributed by atoms with van der Waals surface area (Å²) in [5, 5.41) is 3.39. The number of carbonyl (C=O) groups is 2. The van der Waals surface area contributed by atoms with Gasteiger partial charge in [0.2, 0.25) is 11.8 Å². The van der Waals surface area contributed by atoms with Gasteiger partial charge in [0.25, 0.3) is 0 Å². The molecule has 0 aromatic rings. The minimum atomic E-state index is -0.0114. The van der Waals surface area contributed by atoms with E-state index in [-0.39, 0.29) is 29.1 Å². The lowest BCUT2D eigenvalue weighted by Gasteiger charge is -2.37. The summed E-state index contributed by atoms with van der Waals surface area (Å²) in [6.07, 6.45) is 4.04. The summed E-state index contributed by atoms with van der Waals surface area (Å²) in [4.78, 5) is 26.5. The molecule has 1 aliphatic carbocycles. The quantitative estimate of drug-likeness (QED) is 0.767. The smallest absolute Gasteiger partial charge is 0.233 e. The first-order valence-electron chi connectivity index (χ1n) is 7.56. The van der Waals surface area contributed by atoms with Crippen LogP contribution in [0.2, 0.25) is 0 Å². The van der Waals surface area contributed by atoms with Gasteiger partial charge < -0.3 is 5.32 Å². The van der Waals surface area contributed by atoms with Gasteiger partial charge in [-0.25, -0.2) is 0 Å². The fourth-order valence-corrected chi connectivity index (χ4v) is 4.14. The molecule has 2 amide bonds. The lowest BCUT2D eigenvalue weighted by molar-refractivity contribution is -0.142. The highest BCUT2D eigenvalue weighted by molar-refractivity contribution is 6.05. The van der Waals surface area contributed by atoms with E-state index < -0.39 is 0 Å². The zero-order chi connectivity index (χ0) is 13.6. The Bertz CT molecular complexity index is 377. The van der Waals surface area contributed by atoms with Crippen LogP contribution in [-0.4, -0.2) is 36.3 Å².